The van der Waals surface area contributed by atoms with Gasteiger partial charge in [0.1, 0.15) is 0 Å². The number of likely N-dealkylation sites (tertiary alicyclic amines) is 1. The van der Waals surface area contributed by atoms with E-state index in [1.165, 1.54) is 63.1 Å². The summed E-state index contributed by atoms with van der Waals surface area (Å²) in [6.07, 6.45) is 6.71. The molecular weight excluding hydrogens is 304 g/mol. The van der Waals surface area contributed by atoms with Crippen molar-refractivity contribution in [1.29, 1.82) is 0 Å². The van der Waals surface area contributed by atoms with Gasteiger partial charge >= 0.3 is 0 Å². The van der Waals surface area contributed by atoms with Gasteiger partial charge in [0.2, 0.25) is 5.16 Å². The first kappa shape index (κ1) is 15.8. The van der Waals surface area contributed by atoms with E-state index in [2.05, 4.69) is 31.0 Å². The van der Waals surface area contributed by atoms with E-state index in [-0.39, 0.29) is 10.8 Å². The summed E-state index contributed by atoms with van der Waals surface area (Å²) in [6, 6.07) is 0. The summed E-state index contributed by atoms with van der Waals surface area (Å²) in [5.41, 5.74) is 2.91. The summed E-state index contributed by atoms with van der Waals surface area (Å²) in [6.45, 7) is 11.1. The fourth-order valence-electron chi connectivity index (χ4n) is 5.01. The van der Waals surface area contributed by atoms with E-state index in [1.54, 1.807) is 16.7 Å². The van der Waals surface area contributed by atoms with E-state index in [1.807, 2.05) is 0 Å². The van der Waals surface area contributed by atoms with Gasteiger partial charge in [-0.1, -0.05) is 32.5 Å². The molecule has 126 valence electrons. The second-order valence-corrected chi connectivity index (χ2v) is 9.44. The molecule has 2 bridgehead atoms. The van der Waals surface area contributed by atoms with Crippen LogP contribution in [0, 0.1) is 5.41 Å². The van der Waals surface area contributed by atoms with Gasteiger partial charge in [-0.25, -0.2) is 4.98 Å². The first-order chi connectivity index (χ1) is 11.0. The minimum Gasteiger partial charge on any atom is -0.334 e. The van der Waals surface area contributed by atoms with Crippen LogP contribution in [0.5, 0.6) is 0 Å². The van der Waals surface area contributed by atoms with Crippen molar-refractivity contribution in [2.45, 2.75) is 69.4 Å². The number of rotatable bonds is 4. The van der Waals surface area contributed by atoms with Crippen LogP contribution in [0.4, 0.5) is 0 Å². The smallest absolute Gasteiger partial charge is 0.209 e. The third-order valence-corrected chi connectivity index (χ3v) is 7.86. The van der Waals surface area contributed by atoms with Crippen molar-refractivity contribution in [3.05, 3.63) is 11.4 Å². The predicted octanol–water partition coefficient (Wildman–Crippen LogP) is 2.21. The quantitative estimate of drug-likeness (QED) is 0.858. The lowest BCUT2D eigenvalue weighted by molar-refractivity contribution is -0.902. The van der Waals surface area contributed by atoms with Crippen LogP contribution in [0.3, 0.4) is 0 Å². The van der Waals surface area contributed by atoms with Gasteiger partial charge < -0.3 is 4.90 Å². The van der Waals surface area contributed by atoms with Gasteiger partial charge in [0.25, 0.3) is 0 Å². The Morgan fingerprint density at radius 2 is 1.91 bits per heavy atom. The first-order valence-electron chi connectivity index (χ1n) is 9.24. The lowest BCUT2D eigenvalue weighted by atomic mass is 9.70. The molecule has 0 radical (unpaired) electrons. The highest BCUT2D eigenvalue weighted by Crippen LogP contribution is 2.66. The maximum atomic E-state index is 4.97. The summed E-state index contributed by atoms with van der Waals surface area (Å²) in [4.78, 5) is 6.72. The minimum atomic E-state index is 0.191. The van der Waals surface area contributed by atoms with E-state index in [4.69, 9.17) is 4.98 Å². The molecule has 0 unspecified atom stereocenters. The van der Waals surface area contributed by atoms with E-state index in [9.17, 15) is 0 Å². The molecule has 1 saturated carbocycles. The van der Waals surface area contributed by atoms with Gasteiger partial charge in [0.05, 0.1) is 36.8 Å². The Morgan fingerprint density at radius 3 is 2.70 bits per heavy atom. The second kappa shape index (κ2) is 5.69. The number of piperidine rings is 1. The van der Waals surface area contributed by atoms with Crippen molar-refractivity contribution in [2.75, 3.05) is 25.4 Å². The van der Waals surface area contributed by atoms with Crippen LogP contribution in [-0.4, -0.2) is 40.6 Å². The van der Waals surface area contributed by atoms with Gasteiger partial charge in [-0.05, 0) is 37.5 Å². The highest BCUT2D eigenvalue weighted by molar-refractivity contribution is 7.99. The summed E-state index contributed by atoms with van der Waals surface area (Å²) in [5, 5.41) is 9.94. The molecule has 1 aromatic rings. The number of hydrogen-bond donors (Lipinski definition) is 1. The molecule has 4 rings (SSSR count). The predicted molar refractivity (Wildman–Crippen MR) is 93.1 cm³/mol. The van der Waals surface area contributed by atoms with Crippen molar-refractivity contribution in [3.63, 3.8) is 0 Å². The number of quaternary nitrogens is 1. The van der Waals surface area contributed by atoms with Gasteiger partial charge in [-0.2, -0.15) is 5.10 Å². The van der Waals surface area contributed by atoms with Crippen molar-refractivity contribution < 1.29 is 4.90 Å². The third kappa shape index (κ3) is 2.42. The molecule has 1 N–H and O–H groups in total. The van der Waals surface area contributed by atoms with Gasteiger partial charge in [-0.15, -0.1) is 5.10 Å². The number of fused-ring (bicyclic) bond motifs is 5. The Morgan fingerprint density at radius 1 is 1.13 bits per heavy atom. The standard InChI is InChI=1S/C18H28N4S/c1-17(2)13-7-8-18(17,3)15-14(13)20-21-16(19-15)23-12-11-22-9-5-4-6-10-22/h13H,4-12H2,1-3H3/p+1/t13-,18+/m0/s1. The largest absolute Gasteiger partial charge is 0.334 e. The monoisotopic (exact) mass is 333 g/mol. The Labute approximate surface area is 143 Å². The molecule has 1 aliphatic heterocycles. The van der Waals surface area contributed by atoms with Crippen LogP contribution in [0.25, 0.3) is 0 Å². The van der Waals surface area contributed by atoms with Crippen molar-refractivity contribution >= 4 is 11.8 Å². The average molecular weight is 334 g/mol. The van der Waals surface area contributed by atoms with Crippen LogP contribution < -0.4 is 4.90 Å². The lowest BCUT2D eigenvalue weighted by Crippen LogP contribution is -3.13. The molecule has 3 aliphatic rings. The molecule has 2 fully saturated rings. The fraction of sp³-hybridized carbons (Fsp3) is 0.833. The molecule has 1 saturated heterocycles. The van der Waals surface area contributed by atoms with Crippen LogP contribution in [0.15, 0.2) is 5.16 Å². The Balaban J connectivity index is 1.45. The molecule has 2 atom stereocenters. The lowest BCUT2D eigenvalue weighted by Gasteiger charge is -2.33. The van der Waals surface area contributed by atoms with E-state index < -0.39 is 0 Å². The third-order valence-electron chi connectivity index (χ3n) is 7.02. The SMILES string of the molecule is CC1(C)[C@H]2CC[C@]1(C)c1nc(SCC[NH+]3CCCCC3)nnc12. The normalized spacial score (nSPS) is 32.2. The molecule has 2 heterocycles. The van der Waals surface area contributed by atoms with Crippen LogP contribution in [0.2, 0.25) is 0 Å². The molecule has 23 heavy (non-hydrogen) atoms. The number of nitrogens with zero attached hydrogens (tertiary/aromatic N) is 3. The Hall–Kier alpha value is -0.680. The summed E-state index contributed by atoms with van der Waals surface area (Å²) in [7, 11) is 0. The molecule has 5 heteroatoms. The molecular formula is C18H29N4S+. The summed E-state index contributed by atoms with van der Waals surface area (Å²) in [5.74, 6) is 1.67. The Kier molecular flexibility index (Phi) is 3.92. The van der Waals surface area contributed by atoms with Crippen LogP contribution in [-0.2, 0) is 5.41 Å². The summed E-state index contributed by atoms with van der Waals surface area (Å²) < 4.78 is 0. The van der Waals surface area contributed by atoms with Gasteiger partial charge in [0.15, 0.2) is 0 Å². The topological polar surface area (TPSA) is 43.1 Å². The number of nitrogens with one attached hydrogen (secondary N) is 1. The minimum absolute atomic E-state index is 0.191. The van der Waals surface area contributed by atoms with Crippen LogP contribution >= 0.6 is 11.8 Å². The van der Waals surface area contributed by atoms with Gasteiger partial charge in [0, 0.05) is 11.3 Å². The van der Waals surface area contributed by atoms with Gasteiger partial charge in [-0.3, -0.25) is 0 Å². The number of aromatic nitrogens is 3. The maximum Gasteiger partial charge on any atom is 0.209 e. The van der Waals surface area contributed by atoms with E-state index in [0.717, 1.165) is 10.9 Å². The molecule has 1 aromatic heterocycles. The molecule has 0 amide bonds. The summed E-state index contributed by atoms with van der Waals surface area (Å²) >= 11 is 1.80. The van der Waals surface area contributed by atoms with Crippen molar-refractivity contribution in [3.8, 4) is 0 Å². The molecule has 4 nitrogen and oxygen atoms in total. The average Bonchev–Trinajstić information content (AvgIpc) is 2.88. The second-order valence-electron chi connectivity index (χ2n) is 8.38. The highest BCUT2D eigenvalue weighted by atomic mass is 32.2. The zero-order valence-electron chi connectivity index (χ0n) is 14.7. The Bertz CT molecular complexity index is 597. The zero-order valence-corrected chi connectivity index (χ0v) is 15.5. The molecule has 2 aliphatic carbocycles. The van der Waals surface area contributed by atoms with Crippen molar-refractivity contribution in [1.82, 2.24) is 15.2 Å². The number of thioether (sulfide) groups is 1. The van der Waals surface area contributed by atoms with Crippen LogP contribution in [0.1, 0.15) is 70.2 Å². The van der Waals surface area contributed by atoms with E-state index in [0.29, 0.717) is 5.92 Å². The van der Waals surface area contributed by atoms with Crippen molar-refractivity contribution in [2.24, 2.45) is 5.41 Å². The maximum absolute atomic E-state index is 4.97. The van der Waals surface area contributed by atoms with E-state index >= 15 is 0 Å². The molecule has 0 aromatic carbocycles. The first-order valence-corrected chi connectivity index (χ1v) is 10.2. The molecule has 0 spiro atoms. The zero-order chi connectivity index (χ0) is 16.1. The fourth-order valence-corrected chi connectivity index (χ4v) is 5.84. The highest BCUT2D eigenvalue weighted by Gasteiger charge is 2.61. The number of hydrogen-bond acceptors (Lipinski definition) is 4.